The summed E-state index contributed by atoms with van der Waals surface area (Å²) in [5.74, 6) is -0.600. The maximum absolute atomic E-state index is 11.5. The average Bonchev–Trinajstić information content (AvgIpc) is 2.34. The highest BCUT2D eigenvalue weighted by molar-refractivity contribution is 7.98. The Balaban J connectivity index is 2.68. The van der Waals surface area contributed by atoms with Gasteiger partial charge in [-0.05, 0) is 11.8 Å². The Morgan fingerprint density at radius 1 is 1.35 bits per heavy atom. The molecule has 0 fully saturated rings. The quantitative estimate of drug-likeness (QED) is 0.809. The van der Waals surface area contributed by atoms with Gasteiger partial charge in [0.15, 0.2) is 6.04 Å². The van der Waals surface area contributed by atoms with Crippen LogP contribution in [0.2, 0.25) is 0 Å². The standard InChI is InChI=1S/C12H15NO3S/c1-17-8-7-10(14)13-11(12(15)16)9-5-3-2-4-6-9/h2-6,11H,7-8H2,1H3,(H,13,14)(H,15,16)/t11-/m0/s1. The summed E-state index contributed by atoms with van der Waals surface area (Å²) < 4.78 is 0. The number of rotatable bonds is 6. The molecule has 0 heterocycles. The van der Waals surface area contributed by atoms with Crippen molar-refractivity contribution in [3.63, 3.8) is 0 Å². The number of benzene rings is 1. The van der Waals surface area contributed by atoms with Gasteiger partial charge in [0.05, 0.1) is 0 Å². The summed E-state index contributed by atoms with van der Waals surface area (Å²) in [6.07, 6.45) is 2.23. The van der Waals surface area contributed by atoms with Crippen molar-refractivity contribution in [1.82, 2.24) is 5.32 Å². The molecule has 5 heteroatoms. The van der Waals surface area contributed by atoms with Crippen LogP contribution in [0.4, 0.5) is 0 Å². The van der Waals surface area contributed by atoms with Crippen molar-refractivity contribution >= 4 is 23.6 Å². The second-order valence-corrected chi connectivity index (χ2v) is 4.48. The topological polar surface area (TPSA) is 66.4 Å². The van der Waals surface area contributed by atoms with E-state index in [2.05, 4.69) is 5.32 Å². The van der Waals surface area contributed by atoms with Crippen molar-refractivity contribution in [2.45, 2.75) is 12.5 Å². The first kappa shape index (κ1) is 13.6. The minimum atomic E-state index is -1.05. The monoisotopic (exact) mass is 253 g/mol. The van der Waals surface area contributed by atoms with Crippen LogP contribution in [0.5, 0.6) is 0 Å². The van der Waals surface area contributed by atoms with Crippen LogP contribution < -0.4 is 5.32 Å². The van der Waals surface area contributed by atoms with Gasteiger partial charge in [-0.3, -0.25) is 4.79 Å². The van der Waals surface area contributed by atoms with Crippen LogP contribution in [0, 0.1) is 0 Å². The van der Waals surface area contributed by atoms with E-state index >= 15 is 0 Å². The van der Waals surface area contributed by atoms with E-state index in [1.165, 1.54) is 0 Å². The van der Waals surface area contributed by atoms with Gasteiger partial charge < -0.3 is 10.4 Å². The fourth-order valence-electron chi connectivity index (χ4n) is 1.36. The molecule has 92 valence electrons. The summed E-state index contributed by atoms with van der Waals surface area (Å²) >= 11 is 1.55. The third-order valence-electron chi connectivity index (χ3n) is 2.22. The molecule has 1 aromatic rings. The average molecular weight is 253 g/mol. The first-order chi connectivity index (χ1) is 8.15. The van der Waals surface area contributed by atoms with Crippen molar-refractivity contribution in [2.75, 3.05) is 12.0 Å². The Kier molecular flexibility index (Phi) is 5.56. The molecule has 0 aliphatic rings. The first-order valence-electron chi connectivity index (χ1n) is 5.21. The van der Waals surface area contributed by atoms with Crippen LogP contribution in [0.3, 0.4) is 0 Å². The minimum Gasteiger partial charge on any atom is -0.479 e. The lowest BCUT2D eigenvalue weighted by Gasteiger charge is -2.14. The molecule has 0 bridgehead atoms. The Morgan fingerprint density at radius 2 is 2.00 bits per heavy atom. The largest absolute Gasteiger partial charge is 0.479 e. The smallest absolute Gasteiger partial charge is 0.330 e. The Hall–Kier alpha value is -1.49. The van der Waals surface area contributed by atoms with Gasteiger partial charge in [0.2, 0.25) is 5.91 Å². The lowest BCUT2D eigenvalue weighted by atomic mass is 10.1. The molecule has 0 saturated carbocycles. The van der Waals surface area contributed by atoms with E-state index in [0.29, 0.717) is 17.7 Å². The van der Waals surface area contributed by atoms with Crippen LogP contribution in [-0.4, -0.2) is 29.0 Å². The van der Waals surface area contributed by atoms with Crippen molar-refractivity contribution < 1.29 is 14.7 Å². The Labute approximate surface area is 104 Å². The summed E-state index contributed by atoms with van der Waals surface area (Å²) in [6, 6.07) is 7.71. The van der Waals surface area contributed by atoms with E-state index in [-0.39, 0.29) is 5.91 Å². The minimum absolute atomic E-state index is 0.240. The summed E-state index contributed by atoms with van der Waals surface area (Å²) in [6.45, 7) is 0. The number of carboxylic acids is 1. The third kappa shape index (κ3) is 4.48. The molecule has 1 rings (SSSR count). The zero-order valence-electron chi connectivity index (χ0n) is 9.55. The molecular formula is C12H15NO3S. The molecule has 2 N–H and O–H groups in total. The van der Waals surface area contributed by atoms with E-state index < -0.39 is 12.0 Å². The van der Waals surface area contributed by atoms with Gasteiger partial charge in [-0.15, -0.1) is 0 Å². The number of nitrogens with one attached hydrogen (secondary N) is 1. The van der Waals surface area contributed by atoms with Crippen molar-refractivity contribution in [1.29, 1.82) is 0 Å². The number of aliphatic carboxylic acids is 1. The summed E-state index contributed by atoms with van der Waals surface area (Å²) in [4.78, 5) is 22.6. The molecule has 0 radical (unpaired) electrons. The number of hydrogen-bond acceptors (Lipinski definition) is 3. The number of amides is 1. The second kappa shape index (κ2) is 6.96. The maximum atomic E-state index is 11.5. The van der Waals surface area contributed by atoms with Crippen LogP contribution in [0.25, 0.3) is 0 Å². The molecule has 1 aromatic carbocycles. The highest BCUT2D eigenvalue weighted by Gasteiger charge is 2.21. The number of carbonyl (C=O) groups excluding carboxylic acids is 1. The SMILES string of the molecule is CSCCC(=O)N[C@H](C(=O)O)c1ccccc1. The summed E-state index contributed by atoms with van der Waals surface area (Å²) in [7, 11) is 0. The Bertz CT molecular complexity index is 381. The molecule has 0 aromatic heterocycles. The van der Waals surface area contributed by atoms with Crippen molar-refractivity contribution in [3.8, 4) is 0 Å². The number of carboxylic acid groups (broad SMARTS) is 1. The van der Waals surface area contributed by atoms with E-state index in [1.807, 2.05) is 6.26 Å². The lowest BCUT2D eigenvalue weighted by Crippen LogP contribution is -2.33. The van der Waals surface area contributed by atoms with Crippen molar-refractivity contribution in [3.05, 3.63) is 35.9 Å². The number of carbonyl (C=O) groups is 2. The zero-order chi connectivity index (χ0) is 12.7. The van der Waals surface area contributed by atoms with Crippen LogP contribution in [0.1, 0.15) is 18.0 Å². The zero-order valence-corrected chi connectivity index (χ0v) is 10.4. The predicted octanol–water partition coefficient (Wildman–Crippen LogP) is 1.68. The highest BCUT2D eigenvalue weighted by Crippen LogP contribution is 2.13. The molecule has 0 aliphatic carbocycles. The second-order valence-electron chi connectivity index (χ2n) is 3.49. The van der Waals surface area contributed by atoms with Gasteiger partial charge in [0.1, 0.15) is 0 Å². The highest BCUT2D eigenvalue weighted by atomic mass is 32.2. The van der Waals surface area contributed by atoms with Gasteiger partial charge >= 0.3 is 5.97 Å². The predicted molar refractivity (Wildman–Crippen MR) is 68.0 cm³/mol. The van der Waals surface area contributed by atoms with Gasteiger partial charge in [0, 0.05) is 12.2 Å². The van der Waals surface area contributed by atoms with Gasteiger partial charge in [-0.1, -0.05) is 30.3 Å². The maximum Gasteiger partial charge on any atom is 0.330 e. The fourth-order valence-corrected chi connectivity index (χ4v) is 1.75. The summed E-state index contributed by atoms with van der Waals surface area (Å²) in [5.41, 5.74) is 0.581. The molecule has 0 aliphatic heterocycles. The molecule has 4 nitrogen and oxygen atoms in total. The molecule has 0 unspecified atom stereocenters. The Morgan fingerprint density at radius 3 is 2.53 bits per heavy atom. The summed E-state index contributed by atoms with van der Waals surface area (Å²) in [5, 5.41) is 11.6. The van der Waals surface area contributed by atoms with Crippen LogP contribution in [-0.2, 0) is 9.59 Å². The third-order valence-corrected chi connectivity index (χ3v) is 2.83. The number of hydrogen-bond donors (Lipinski definition) is 2. The molecular weight excluding hydrogens is 238 g/mol. The normalized spacial score (nSPS) is 11.8. The fraction of sp³-hybridized carbons (Fsp3) is 0.333. The van der Waals surface area contributed by atoms with Crippen LogP contribution in [0.15, 0.2) is 30.3 Å². The van der Waals surface area contributed by atoms with E-state index in [9.17, 15) is 9.59 Å². The van der Waals surface area contributed by atoms with E-state index in [1.54, 1.807) is 42.1 Å². The first-order valence-corrected chi connectivity index (χ1v) is 6.60. The van der Waals surface area contributed by atoms with E-state index in [4.69, 9.17) is 5.11 Å². The lowest BCUT2D eigenvalue weighted by molar-refractivity contribution is -0.142. The molecule has 0 spiro atoms. The molecule has 17 heavy (non-hydrogen) atoms. The van der Waals surface area contributed by atoms with Gasteiger partial charge in [0.25, 0.3) is 0 Å². The van der Waals surface area contributed by atoms with Gasteiger partial charge in [-0.25, -0.2) is 4.79 Å². The van der Waals surface area contributed by atoms with Crippen LogP contribution >= 0.6 is 11.8 Å². The molecule has 1 atom stereocenters. The molecule has 0 saturated heterocycles. The van der Waals surface area contributed by atoms with Crippen molar-refractivity contribution in [2.24, 2.45) is 0 Å². The number of thioether (sulfide) groups is 1. The van der Waals surface area contributed by atoms with E-state index in [0.717, 1.165) is 0 Å². The molecule has 1 amide bonds. The van der Waals surface area contributed by atoms with Gasteiger partial charge in [-0.2, -0.15) is 11.8 Å².